The summed E-state index contributed by atoms with van der Waals surface area (Å²) < 4.78 is 11.5. The minimum atomic E-state index is -0.130. The van der Waals surface area contributed by atoms with Gasteiger partial charge in [-0.25, -0.2) is 4.79 Å². The second kappa shape index (κ2) is 12.9. The van der Waals surface area contributed by atoms with Gasteiger partial charge in [0.15, 0.2) is 0 Å². The molecule has 0 aliphatic rings. The Morgan fingerprint density at radius 1 is 1.03 bits per heavy atom. The van der Waals surface area contributed by atoms with E-state index in [0.29, 0.717) is 30.7 Å². The van der Waals surface area contributed by atoms with Crippen molar-refractivity contribution < 1.29 is 13.9 Å². The standard InChI is InChI=1S/C24H31N5O3S/c1-28(2)14-7-15-29(3)24(30)25-20-12-10-19(11-13-20)23-27-26-22(32-23)18-33-17-16-31-21-8-5-4-6-9-21/h4-6,8-13H,7,14-18H2,1-3H3,(H,25,30). The van der Waals surface area contributed by atoms with Gasteiger partial charge in [0.25, 0.3) is 0 Å². The van der Waals surface area contributed by atoms with Crippen LogP contribution >= 0.6 is 11.8 Å². The Balaban J connectivity index is 1.41. The van der Waals surface area contributed by atoms with Gasteiger partial charge in [-0.05, 0) is 63.5 Å². The summed E-state index contributed by atoms with van der Waals surface area (Å²) in [5.74, 6) is 3.36. The molecule has 0 saturated carbocycles. The normalized spacial score (nSPS) is 10.9. The van der Waals surface area contributed by atoms with Gasteiger partial charge in [0.05, 0.1) is 12.4 Å². The third-order valence-corrected chi connectivity index (χ3v) is 5.67. The molecular formula is C24H31N5O3S. The van der Waals surface area contributed by atoms with E-state index in [1.807, 2.05) is 68.7 Å². The maximum Gasteiger partial charge on any atom is 0.321 e. The lowest BCUT2D eigenvalue weighted by Gasteiger charge is -2.19. The van der Waals surface area contributed by atoms with Crippen molar-refractivity contribution in [1.29, 1.82) is 0 Å². The van der Waals surface area contributed by atoms with Crippen LogP contribution in [0.15, 0.2) is 59.0 Å². The number of nitrogens with one attached hydrogen (secondary N) is 1. The lowest BCUT2D eigenvalue weighted by Crippen LogP contribution is -2.33. The van der Waals surface area contributed by atoms with Gasteiger partial charge < -0.3 is 24.3 Å². The van der Waals surface area contributed by atoms with E-state index in [-0.39, 0.29) is 6.03 Å². The average molecular weight is 470 g/mol. The monoisotopic (exact) mass is 469 g/mol. The molecule has 0 aliphatic heterocycles. The zero-order chi connectivity index (χ0) is 23.5. The topological polar surface area (TPSA) is 83.7 Å². The van der Waals surface area contributed by atoms with Crippen molar-refractivity contribution in [3.8, 4) is 17.2 Å². The van der Waals surface area contributed by atoms with E-state index in [0.717, 1.165) is 35.7 Å². The number of hydrogen-bond acceptors (Lipinski definition) is 7. The summed E-state index contributed by atoms with van der Waals surface area (Å²) in [7, 11) is 5.84. The largest absolute Gasteiger partial charge is 0.493 e. The van der Waals surface area contributed by atoms with Crippen molar-refractivity contribution in [1.82, 2.24) is 20.0 Å². The molecule has 0 atom stereocenters. The van der Waals surface area contributed by atoms with Crippen molar-refractivity contribution in [2.24, 2.45) is 0 Å². The Labute approximate surface area is 199 Å². The van der Waals surface area contributed by atoms with Crippen LogP contribution < -0.4 is 10.1 Å². The first-order valence-electron chi connectivity index (χ1n) is 10.9. The number of thioether (sulfide) groups is 1. The van der Waals surface area contributed by atoms with Crippen LogP contribution in [0, 0.1) is 0 Å². The zero-order valence-electron chi connectivity index (χ0n) is 19.4. The van der Waals surface area contributed by atoms with E-state index in [1.54, 1.807) is 23.7 Å². The third-order valence-electron chi connectivity index (χ3n) is 4.76. The molecule has 0 spiro atoms. The molecule has 0 bridgehead atoms. The SMILES string of the molecule is CN(C)CCCN(C)C(=O)Nc1ccc(-c2nnc(CSCCOc3ccccc3)o2)cc1. The highest BCUT2D eigenvalue weighted by molar-refractivity contribution is 7.98. The Kier molecular flexibility index (Phi) is 9.59. The highest BCUT2D eigenvalue weighted by Gasteiger charge is 2.11. The molecule has 0 radical (unpaired) electrons. The predicted octanol–water partition coefficient (Wildman–Crippen LogP) is 4.46. The van der Waals surface area contributed by atoms with Crippen LogP contribution in [-0.4, -0.2) is 72.6 Å². The number of anilines is 1. The summed E-state index contributed by atoms with van der Waals surface area (Å²) in [6, 6.07) is 17.0. The molecular weight excluding hydrogens is 438 g/mol. The van der Waals surface area contributed by atoms with E-state index in [2.05, 4.69) is 20.4 Å². The average Bonchev–Trinajstić information content (AvgIpc) is 3.28. The first-order valence-corrected chi connectivity index (χ1v) is 12.0. The van der Waals surface area contributed by atoms with Gasteiger partial charge in [-0.2, -0.15) is 0 Å². The summed E-state index contributed by atoms with van der Waals surface area (Å²) in [5, 5.41) is 11.2. The minimum Gasteiger partial charge on any atom is -0.493 e. The van der Waals surface area contributed by atoms with Gasteiger partial charge in [0, 0.05) is 30.6 Å². The van der Waals surface area contributed by atoms with E-state index in [9.17, 15) is 4.79 Å². The molecule has 1 heterocycles. The Bertz CT molecular complexity index is 979. The number of carbonyl (C=O) groups excluding carboxylic acids is 1. The van der Waals surface area contributed by atoms with E-state index >= 15 is 0 Å². The van der Waals surface area contributed by atoms with Gasteiger partial charge in [0.1, 0.15) is 5.75 Å². The van der Waals surface area contributed by atoms with Crippen LogP contribution in [-0.2, 0) is 5.75 Å². The maximum atomic E-state index is 12.3. The zero-order valence-corrected chi connectivity index (χ0v) is 20.2. The first-order chi connectivity index (χ1) is 16.0. The lowest BCUT2D eigenvalue weighted by molar-refractivity contribution is 0.220. The quantitative estimate of drug-likeness (QED) is 0.392. The summed E-state index contributed by atoms with van der Waals surface area (Å²) in [6.45, 7) is 2.26. The summed E-state index contributed by atoms with van der Waals surface area (Å²) in [4.78, 5) is 16.1. The van der Waals surface area contributed by atoms with Gasteiger partial charge in [0.2, 0.25) is 11.8 Å². The highest BCUT2D eigenvalue weighted by Crippen LogP contribution is 2.22. The molecule has 8 nitrogen and oxygen atoms in total. The Hall–Kier alpha value is -3.04. The smallest absolute Gasteiger partial charge is 0.321 e. The third kappa shape index (κ3) is 8.43. The van der Waals surface area contributed by atoms with Crippen LogP contribution in [0.5, 0.6) is 5.75 Å². The molecule has 0 aliphatic carbocycles. The van der Waals surface area contributed by atoms with Crippen molar-refractivity contribution in [2.75, 3.05) is 51.9 Å². The molecule has 0 saturated heterocycles. The molecule has 0 unspecified atom stereocenters. The number of carbonyl (C=O) groups is 1. The van der Waals surface area contributed by atoms with Crippen molar-refractivity contribution in [2.45, 2.75) is 12.2 Å². The maximum absolute atomic E-state index is 12.3. The van der Waals surface area contributed by atoms with E-state index in [1.165, 1.54) is 0 Å². The fraction of sp³-hybridized carbons (Fsp3) is 0.375. The van der Waals surface area contributed by atoms with Crippen LogP contribution in [0.4, 0.5) is 10.5 Å². The minimum absolute atomic E-state index is 0.130. The summed E-state index contributed by atoms with van der Waals surface area (Å²) >= 11 is 1.68. The van der Waals surface area contributed by atoms with Gasteiger partial charge >= 0.3 is 6.03 Å². The number of hydrogen-bond donors (Lipinski definition) is 1. The van der Waals surface area contributed by atoms with Crippen molar-refractivity contribution in [3.63, 3.8) is 0 Å². The molecule has 3 aromatic rings. The number of rotatable bonds is 12. The number of urea groups is 1. The molecule has 1 N–H and O–H groups in total. The summed E-state index contributed by atoms with van der Waals surface area (Å²) in [6.07, 6.45) is 0.924. The predicted molar refractivity (Wildman–Crippen MR) is 133 cm³/mol. The molecule has 1 aromatic heterocycles. The fourth-order valence-corrected chi connectivity index (χ4v) is 3.60. The van der Waals surface area contributed by atoms with Crippen LogP contribution in [0.25, 0.3) is 11.5 Å². The van der Waals surface area contributed by atoms with Crippen LogP contribution in [0.1, 0.15) is 12.3 Å². The first kappa shape index (κ1) is 24.6. The number of amides is 2. The second-order valence-electron chi connectivity index (χ2n) is 7.80. The van der Waals surface area contributed by atoms with Gasteiger partial charge in [-0.1, -0.05) is 18.2 Å². The lowest BCUT2D eigenvalue weighted by atomic mass is 10.2. The number of benzene rings is 2. The highest BCUT2D eigenvalue weighted by atomic mass is 32.2. The van der Waals surface area contributed by atoms with Crippen LogP contribution in [0.3, 0.4) is 0 Å². The number of nitrogens with zero attached hydrogens (tertiary/aromatic N) is 4. The van der Waals surface area contributed by atoms with Gasteiger partial charge in [-0.15, -0.1) is 22.0 Å². The Morgan fingerprint density at radius 2 is 1.79 bits per heavy atom. The van der Waals surface area contributed by atoms with Crippen LogP contribution in [0.2, 0.25) is 0 Å². The molecule has 33 heavy (non-hydrogen) atoms. The Morgan fingerprint density at radius 3 is 2.52 bits per heavy atom. The van der Waals surface area contributed by atoms with E-state index in [4.69, 9.17) is 9.15 Å². The molecule has 2 aromatic carbocycles. The molecule has 9 heteroatoms. The molecule has 0 fully saturated rings. The van der Waals surface area contributed by atoms with Crippen molar-refractivity contribution in [3.05, 3.63) is 60.5 Å². The van der Waals surface area contributed by atoms with Gasteiger partial charge in [-0.3, -0.25) is 0 Å². The second-order valence-corrected chi connectivity index (χ2v) is 8.91. The van der Waals surface area contributed by atoms with E-state index < -0.39 is 0 Å². The van der Waals surface area contributed by atoms with Crippen molar-refractivity contribution >= 4 is 23.5 Å². The number of aromatic nitrogens is 2. The molecule has 176 valence electrons. The number of ether oxygens (including phenoxy) is 1. The molecule has 3 rings (SSSR count). The number of para-hydroxylation sites is 1. The summed E-state index contributed by atoms with van der Waals surface area (Å²) in [5.41, 5.74) is 1.53. The fourth-order valence-electron chi connectivity index (χ4n) is 2.96. The molecule has 2 amide bonds.